The van der Waals surface area contributed by atoms with Crippen LogP contribution in [-0.4, -0.2) is 18.1 Å². The number of aromatic nitrogens is 1. The molecule has 0 unspecified atom stereocenters. The molecule has 0 radical (unpaired) electrons. The number of ether oxygens (including phenoxy) is 1. The van der Waals surface area contributed by atoms with Crippen LogP contribution in [0.4, 0.5) is 0 Å². The predicted molar refractivity (Wildman–Crippen MR) is 66.5 cm³/mol. The Hall–Kier alpha value is -1.35. The molecule has 0 bridgehead atoms. The number of pyridine rings is 1. The minimum absolute atomic E-state index is 0.641. The Labute approximate surface area is 97.5 Å². The molecule has 0 aliphatic carbocycles. The van der Waals surface area contributed by atoms with Gasteiger partial charge in [0.15, 0.2) is 0 Å². The highest BCUT2D eigenvalue weighted by Crippen LogP contribution is 2.07. The van der Waals surface area contributed by atoms with Gasteiger partial charge in [0.05, 0.1) is 12.3 Å². The van der Waals surface area contributed by atoms with Crippen molar-refractivity contribution < 1.29 is 4.74 Å². The zero-order valence-corrected chi connectivity index (χ0v) is 9.91. The molecular formula is C13H20N2O. The van der Waals surface area contributed by atoms with Gasteiger partial charge in [-0.05, 0) is 25.5 Å². The van der Waals surface area contributed by atoms with Crippen molar-refractivity contribution in [2.75, 3.05) is 13.2 Å². The Bertz CT molecular complexity index is 313. The van der Waals surface area contributed by atoms with E-state index in [9.17, 15) is 0 Å². The molecule has 0 spiro atoms. The lowest BCUT2D eigenvalue weighted by atomic mass is 10.3. The van der Waals surface area contributed by atoms with Crippen molar-refractivity contribution in [3.8, 4) is 5.88 Å². The molecule has 3 heteroatoms. The highest BCUT2D eigenvalue weighted by molar-refractivity contribution is 5.15. The number of hydrogen-bond donors (Lipinski definition) is 1. The van der Waals surface area contributed by atoms with Gasteiger partial charge in [0.25, 0.3) is 0 Å². The zero-order chi connectivity index (χ0) is 11.6. The van der Waals surface area contributed by atoms with Gasteiger partial charge < -0.3 is 10.1 Å². The van der Waals surface area contributed by atoms with Crippen molar-refractivity contribution in [3.63, 3.8) is 0 Å². The summed E-state index contributed by atoms with van der Waals surface area (Å²) in [5, 5.41) is 3.31. The average Bonchev–Trinajstić information content (AvgIpc) is 2.30. The van der Waals surface area contributed by atoms with Gasteiger partial charge in [-0.3, -0.25) is 0 Å². The standard InChI is InChI=1S/C13H20N2O/c1-3-5-10-16-13-8-6-7-12(15-13)11-14-9-4-2/h3,6-8,14H,1,4-5,9-11H2,2H3. The zero-order valence-electron chi connectivity index (χ0n) is 9.91. The van der Waals surface area contributed by atoms with E-state index in [-0.39, 0.29) is 0 Å². The van der Waals surface area contributed by atoms with Gasteiger partial charge in [0.1, 0.15) is 0 Å². The molecule has 0 aliphatic rings. The van der Waals surface area contributed by atoms with E-state index in [4.69, 9.17) is 4.74 Å². The molecule has 0 aromatic carbocycles. The number of rotatable bonds is 8. The molecule has 3 nitrogen and oxygen atoms in total. The maximum Gasteiger partial charge on any atom is 0.213 e. The van der Waals surface area contributed by atoms with Crippen LogP contribution in [0.3, 0.4) is 0 Å². The first-order chi connectivity index (χ1) is 7.86. The first-order valence-corrected chi connectivity index (χ1v) is 5.77. The van der Waals surface area contributed by atoms with Gasteiger partial charge in [0.2, 0.25) is 5.88 Å². The van der Waals surface area contributed by atoms with Crippen LogP contribution in [0.2, 0.25) is 0 Å². The van der Waals surface area contributed by atoms with Crippen LogP contribution in [0.5, 0.6) is 5.88 Å². The van der Waals surface area contributed by atoms with Crippen LogP contribution in [0.1, 0.15) is 25.5 Å². The SMILES string of the molecule is C=CCCOc1cccc(CNCCC)n1. The smallest absolute Gasteiger partial charge is 0.213 e. The van der Waals surface area contributed by atoms with E-state index in [2.05, 4.69) is 23.8 Å². The van der Waals surface area contributed by atoms with Crippen LogP contribution in [0, 0.1) is 0 Å². The number of nitrogens with one attached hydrogen (secondary N) is 1. The van der Waals surface area contributed by atoms with Crippen molar-refractivity contribution >= 4 is 0 Å². The summed E-state index contributed by atoms with van der Waals surface area (Å²) in [5.74, 6) is 0.692. The second-order valence-electron chi connectivity index (χ2n) is 3.57. The summed E-state index contributed by atoms with van der Waals surface area (Å²) < 4.78 is 5.48. The van der Waals surface area contributed by atoms with Gasteiger partial charge in [-0.1, -0.05) is 19.1 Å². The third kappa shape index (κ3) is 4.94. The Morgan fingerprint density at radius 1 is 1.50 bits per heavy atom. The lowest BCUT2D eigenvalue weighted by molar-refractivity contribution is 0.311. The summed E-state index contributed by atoms with van der Waals surface area (Å²) in [6.07, 6.45) is 3.82. The first kappa shape index (κ1) is 12.7. The Balaban J connectivity index is 2.40. The van der Waals surface area contributed by atoms with E-state index >= 15 is 0 Å². The van der Waals surface area contributed by atoms with Crippen molar-refractivity contribution in [2.45, 2.75) is 26.3 Å². The van der Waals surface area contributed by atoms with Gasteiger partial charge in [-0.15, -0.1) is 6.58 Å². The molecule has 1 heterocycles. The molecule has 0 aliphatic heterocycles. The highest BCUT2D eigenvalue weighted by atomic mass is 16.5. The van der Waals surface area contributed by atoms with Crippen LogP contribution < -0.4 is 10.1 Å². The molecule has 0 saturated carbocycles. The summed E-state index contributed by atoms with van der Waals surface area (Å²) in [6, 6.07) is 5.86. The fourth-order valence-corrected chi connectivity index (χ4v) is 1.28. The summed E-state index contributed by atoms with van der Waals surface area (Å²) in [4.78, 5) is 4.40. The average molecular weight is 220 g/mol. The van der Waals surface area contributed by atoms with Crippen LogP contribution in [0.15, 0.2) is 30.9 Å². The summed E-state index contributed by atoms with van der Waals surface area (Å²) in [7, 11) is 0. The molecule has 88 valence electrons. The Morgan fingerprint density at radius 3 is 3.12 bits per heavy atom. The monoisotopic (exact) mass is 220 g/mol. The maximum atomic E-state index is 5.48. The van der Waals surface area contributed by atoms with Crippen molar-refractivity contribution in [2.24, 2.45) is 0 Å². The predicted octanol–water partition coefficient (Wildman–Crippen LogP) is 2.54. The summed E-state index contributed by atoms with van der Waals surface area (Å²) >= 11 is 0. The fraction of sp³-hybridized carbons (Fsp3) is 0.462. The minimum Gasteiger partial charge on any atom is -0.477 e. The summed E-state index contributed by atoms with van der Waals surface area (Å²) in [5.41, 5.74) is 1.02. The molecule has 1 N–H and O–H groups in total. The second kappa shape index (κ2) is 7.88. The third-order valence-corrected chi connectivity index (χ3v) is 2.09. The molecule has 0 amide bonds. The van der Waals surface area contributed by atoms with Crippen LogP contribution in [-0.2, 0) is 6.54 Å². The molecule has 1 rings (SSSR count). The van der Waals surface area contributed by atoms with E-state index in [0.29, 0.717) is 12.5 Å². The largest absolute Gasteiger partial charge is 0.477 e. The lowest BCUT2D eigenvalue weighted by Crippen LogP contribution is -2.14. The van der Waals surface area contributed by atoms with E-state index in [1.165, 1.54) is 0 Å². The topological polar surface area (TPSA) is 34.1 Å². The van der Waals surface area contributed by atoms with E-state index in [1.54, 1.807) is 0 Å². The molecule has 1 aromatic heterocycles. The van der Waals surface area contributed by atoms with E-state index < -0.39 is 0 Å². The fourth-order valence-electron chi connectivity index (χ4n) is 1.28. The van der Waals surface area contributed by atoms with Crippen LogP contribution >= 0.6 is 0 Å². The number of nitrogens with zero attached hydrogens (tertiary/aromatic N) is 1. The molecule has 0 fully saturated rings. The first-order valence-electron chi connectivity index (χ1n) is 5.77. The molecule has 0 atom stereocenters. The maximum absolute atomic E-state index is 5.48. The number of hydrogen-bond acceptors (Lipinski definition) is 3. The minimum atomic E-state index is 0.641. The van der Waals surface area contributed by atoms with Gasteiger partial charge in [-0.2, -0.15) is 0 Å². The second-order valence-corrected chi connectivity index (χ2v) is 3.57. The third-order valence-electron chi connectivity index (χ3n) is 2.09. The molecule has 1 aromatic rings. The normalized spacial score (nSPS) is 10.1. The molecule has 16 heavy (non-hydrogen) atoms. The van der Waals surface area contributed by atoms with Crippen LogP contribution in [0.25, 0.3) is 0 Å². The molecular weight excluding hydrogens is 200 g/mol. The summed E-state index contributed by atoms with van der Waals surface area (Å²) in [6.45, 7) is 8.25. The molecule has 0 saturated heterocycles. The highest BCUT2D eigenvalue weighted by Gasteiger charge is 1.97. The van der Waals surface area contributed by atoms with Crippen molar-refractivity contribution in [1.82, 2.24) is 10.3 Å². The Kier molecular flexibility index (Phi) is 6.26. The van der Waals surface area contributed by atoms with Gasteiger partial charge >= 0.3 is 0 Å². The van der Waals surface area contributed by atoms with E-state index in [1.807, 2.05) is 24.3 Å². The van der Waals surface area contributed by atoms with Crippen molar-refractivity contribution in [1.29, 1.82) is 0 Å². The van der Waals surface area contributed by atoms with Gasteiger partial charge in [-0.25, -0.2) is 4.98 Å². The van der Waals surface area contributed by atoms with E-state index in [0.717, 1.165) is 31.6 Å². The Morgan fingerprint density at radius 2 is 2.38 bits per heavy atom. The van der Waals surface area contributed by atoms with Crippen molar-refractivity contribution in [3.05, 3.63) is 36.5 Å². The van der Waals surface area contributed by atoms with Gasteiger partial charge in [0, 0.05) is 12.6 Å². The quantitative estimate of drug-likeness (QED) is 0.540. The lowest BCUT2D eigenvalue weighted by Gasteiger charge is -2.06.